The van der Waals surface area contributed by atoms with Gasteiger partial charge in [0, 0.05) is 13.1 Å². The van der Waals surface area contributed by atoms with Crippen molar-refractivity contribution in [3.05, 3.63) is 0 Å². The minimum atomic E-state index is -0.0121. The molecule has 0 spiro atoms. The molecule has 3 heteroatoms. The molecule has 0 aromatic heterocycles. The van der Waals surface area contributed by atoms with Gasteiger partial charge in [0.2, 0.25) is 0 Å². The molecule has 100 valence electrons. The van der Waals surface area contributed by atoms with Crippen molar-refractivity contribution in [3.8, 4) is 0 Å². The largest absolute Gasteiger partial charge is 0.393 e. The van der Waals surface area contributed by atoms with Crippen LogP contribution in [0.2, 0.25) is 0 Å². The lowest BCUT2D eigenvalue weighted by atomic mass is 9.74. The van der Waals surface area contributed by atoms with Crippen LogP contribution in [0.3, 0.4) is 0 Å². The Morgan fingerprint density at radius 1 is 1.24 bits per heavy atom. The average Bonchev–Trinajstić information content (AvgIpc) is 2.28. The second kappa shape index (κ2) is 5.94. The summed E-state index contributed by atoms with van der Waals surface area (Å²) in [6.45, 7) is 2.36. The van der Waals surface area contributed by atoms with E-state index in [1.165, 1.54) is 38.6 Å². The number of rotatable bonds is 5. The van der Waals surface area contributed by atoms with Crippen molar-refractivity contribution in [2.24, 2.45) is 11.3 Å². The fourth-order valence-corrected chi connectivity index (χ4v) is 4.01. The van der Waals surface area contributed by atoms with Gasteiger partial charge in [-0.25, -0.2) is 0 Å². The molecule has 0 radical (unpaired) electrons. The highest BCUT2D eigenvalue weighted by Crippen LogP contribution is 2.38. The molecule has 2 fully saturated rings. The molecule has 0 aromatic carbocycles. The summed E-state index contributed by atoms with van der Waals surface area (Å²) in [5.74, 6) is 1.76. The Hall–Kier alpha value is 0.270. The summed E-state index contributed by atoms with van der Waals surface area (Å²) in [5, 5.41) is 9.32. The molecule has 2 aliphatic rings. The van der Waals surface area contributed by atoms with Crippen molar-refractivity contribution in [1.82, 2.24) is 4.90 Å². The van der Waals surface area contributed by atoms with Crippen LogP contribution in [0.25, 0.3) is 0 Å². The van der Waals surface area contributed by atoms with Crippen molar-refractivity contribution in [2.75, 3.05) is 25.9 Å². The predicted octanol–water partition coefficient (Wildman–Crippen LogP) is 2.57. The maximum Gasteiger partial charge on any atom is 0.0546 e. The molecule has 0 saturated heterocycles. The minimum absolute atomic E-state index is 0.0121. The topological polar surface area (TPSA) is 23.5 Å². The van der Waals surface area contributed by atoms with E-state index >= 15 is 0 Å². The second-order valence-corrected chi connectivity index (χ2v) is 6.72. The predicted molar refractivity (Wildman–Crippen MR) is 75.6 cm³/mol. The maximum atomic E-state index is 9.32. The van der Waals surface area contributed by atoms with Crippen LogP contribution in [0.4, 0.5) is 0 Å². The maximum absolute atomic E-state index is 9.32. The summed E-state index contributed by atoms with van der Waals surface area (Å²) in [6, 6.07) is 0. The summed E-state index contributed by atoms with van der Waals surface area (Å²) >= 11 is 4.60. The first-order valence-electron chi connectivity index (χ1n) is 7.11. The van der Waals surface area contributed by atoms with Crippen LogP contribution >= 0.6 is 12.6 Å². The van der Waals surface area contributed by atoms with Gasteiger partial charge < -0.3 is 10.0 Å². The van der Waals surface area contributed by atoms with Gasteiger partial charge in [0.15, 0.2) is 0 Å². The summed E-state index contributed by atoms with van der Waals surface area (Å²) in [5.41, 5.74) is 0.471. The molecule has 2 aliphatic carbocycles. The van der Waals surface area contributed by atoms with E-state index in [0.717, 1.165) is 31.1 Å². The lowest BCUT2D eigenvalue weighted by molar-refractivity contribution is 0.0204. The zero-order valence-corrected chi connectivity index (χ0v) is 12.0. The van der Waals surface area contributed by atoms with E-state index in [0.29, 0.717) is 5.41 Å². The van der Waals surface area contributed by atoms with Crippen LogP contribution in [0, 0.1) is 11.3 Å². The molecule has 2 rings (SSSR count). The Balaban J connectivity index is 1.77. The van der Waals surface area contributed by atoms with E-state index in [-0.39, 0.29) is 6.10 Å². The number of aliphatic hydroxyl groups is 1. The Morgan fingerprint density at radius 2 is 1.88 bits per heavy atom. The number of hydrogen-bond acceptors (Lipinski definition) is 3. The van der Waals surface area contributed by atoms with Crippen LogP contribution < -0.4 is 0 Å². The summed E-state index contributed by atoms with van der Waals surface area (Å²) in [4.78, 5) is 2.48. The highest BCUT2D eigenvalue weighted by Gasteiger charge is 2.34. The van der Waals surface area contributed by atoms with Crippen molar-refractivity contribution in [3.63, 3.8) is 0 Å². The molecule has 0 unspecified atom stereocenters. The number of aliphatic hydroxyl groups excluding tert-OH is 1. The molecular weight excluding hydrogens is 230 g/mol. The van der Waals surface area contributed by atoms with E-state index in [9.17, 15) is 5.11 Å². The van der Waals surface area contributed by atoms with E-state index < -0.39 is 0 Å². The van der Waals surface area contributed by atoms with E-state index in [4.69, 9.17) is 0 Å². The van der Waals surface area contributed by atoms with Gasteiger partial charge in [-0.1, -0.05) is 19.3 Å². The molecule has 0 bridgehead atoms. The lowest BCUT2D eigenvalue weighted by Crippen LogP contribution is -2.43. The first-order valence-corrected chi connectivity index (χ1v) is 7.74. The van der Waals surface area contributed by atoms with Gasteiger partial charge >= 0.3 is 0 Å². The standard InChI is InChI=1S/C14H27NOS/c1-15(9-12-7-13(16)8-12)10-14(11-17)5-3-2-4-6-14/h12-13,16-17H,2-11H2,1H3. The van der Waals surface area contributed by atoms with Gasteiger partial charge in [-0.15, -0.1) is 0 Å². The molecule has 17 heavy (non-hydrogen) atoms. The zero-order valence-electron chi connectivity index (χ0n) is 11.1. The lowest BCUT2D eigenvalue weighted by Gasteiger charge is -2.41. The monoisotopic (exact) mass is 257 g/mol. The Bertz CT molecular complexity index is 234. The van der Waals surface area contributed by atoms with Crippen molar-refractivity contribution < 1.29 is 5.11 Å². The summed E-state index contributed by atoms with van der Waals surface area (Å²) in [6.07, 6.45) is 8.90. The highest BCUT2D eigenvalue weighted by atomic mass is 32.1. The Kier molecular flexibility index (Phi) is 4.79. The van der Waals surface area contributed by atoms with Crippen LogP contribution in [0.5, 0.6) is 0 Å². The van der Waals surface area contributed by atoms with Crippen molar-refractivity contribution >= 4 is 12.6 Å². The molecule has 2 nitrogen and oxygen atoms in total. The molecule has 0 aromatic rings. The zero-order chi connectivity index (χ0) is 12.3. The Morgan fingerprint density at radius 3 is 2.41 bits per heavy atom. The number of thiol groups is 1. The fraction of sp³-hybridized carbons (Fsp3) is 1.00. The first-order chi connectivity index (χ1) is 8.13. The van der Waals surface area contributed by atoms with E-state index in [1.54, 1.807) is 0 Å². The van der Waals surface area contributed by atoms with Crippen LogP contribution in [-0.4, -0.2) is 42.0 Å². The molecule has 0 amide bonds. The van der Waals surface area contributed by atoms with E-state index in [1.807, 2.05) is 0 Å². The van der Waals surface area contributed by atoms with Gasteiger partial charge in [0.05, 0.1) is 6.10 Å². The van der Waals surface area contributed by atoms with Crippen LogP contribution in [0.1, 0.15) is 44.9 Å². The van der Waals surface area contributed by atoms with E-state index in [2.05, 4.69) is 24.6 Å². The van der Waals surface area contributed by atoms with Gasteiger partial charge in [-0.3, -0.25) is 0 Å². The molecule has 0 aliphatic heterocycles. The first kappa shape index (κ1) is 13.7. The third-order valence-electron chi connectivity index (χ3n) is 4.64. The second-order valence-electron chi connectivity index (χ2n) is 6.41. The number of nitrogens with zero attached hydrogens (tertiary/aromatic N) is 1. The van der Waals surface area contributed by atoms with Gasteiger partial charge in [0.1, 0.15) is 0 Å². The molecule has 2 saturated carbocycles. The van der Waals surface area contributed by atoms with Gasteiger partial charge in [0.25, 0.3) is 0 Å². The Labute approximate surface area is 111 Å². The molecule has 0 atom stereocenters. The molecular formula is C14H27NOS. The third kappa shape index (κ3) is 3.62. The average molecular weight is 257 g/mol. The third-order valence-corrected chi connectivity index (χ3v) is 5.31. The normalized spacial score (nSPS) is 32.5. The van der Waals surface area contributed by atoms with Crippen LogP contribution in [-0.2, 0) is 0 Å². The van der Waals surface area contributed by atoms with Crippen LogP contribution in [0.15, 0.2) is 0 Å². The highest BCUT2D eigenvalue weighted by molar-refractivity contribution is 7.80. The summed E-state index contributed by atoms with van der Waals surface area (Å²) < 4.78 is 0. The number of hydrogen-bond donors (Lipinski definition) is 2. The minimum Gasteiger partial charge on any atom is -0.393 e. The van der Waals surface area contributed by atoms with Gasteiger partial charge in [-0.05, 0) is 49.8 Å². The summed E-state index contributed by atoms with van der Waals surface area (Å²) in [7, 11) is 2.24. The molecule has 0 heterocycles. The van der Waals surface area contributed by atoms with Crippen molar-refractivity contribution in [1.29, 1.82) is 0 Å². The van der Waals surface area contributed by atoms with Crippen molar-refractivity contribution in [2.45, 2.75) is 51.0 Å². The quantitative estimate of drug-likeness (QED) is 0.740. The van der Waals surface area contributed by atoms with Gasteiger partial charge in [-0.2, -0.15) is 12.6 Å². The smallest absolute Gasteiger partial charge is 0.0546 e. The molecule has 1 N–H and O–H groups in total. The fourth-order valence-electron chi connectivity index (χ4n) is 3.60. The SMILES string of the molecule is CN(CC1CC(O)C1)CC1(CS)CCCCC1.